The van der Waals surface area contributed by atoms with Crippen molar-refractivity contribution in [3.63, 3.8) is 0 Å². The second kappa shape index (κ2) is 6.46. The van der Waals surface area contributed by atoms with Gasteiger partial charge < -0.3 is 4.74 Å². The third kappa shape index (κ3) is 3.18. The van der Waals surface area contributed by atoms with Crippen LogP contribution in [0.1, 0.15) is 22.1 Å². The minimum absolute atomic E-state index is 0.310. The Labute approximate surface area is 139 Å². The SMILES string of the molecule is COc1cc(C)c(Br)cc1C(Cl)c1ccc(F)c(Br)c1. The lowest BCUT2D eigenvalue weighted by molar-refractivity contribution is 0.409. The second-order valence-corrected chi connectivity index (χ2v) is 6.52. The maximum Gasteiger partial charge on any atom is 0.137 e. The second-order valence-electron chi connectivity index (χ2n) is 4.38. The van der Waals surface area contributed by atoms with Crippen LogP contribution in [0.2, 0.25) is 0 Å². The molecule has 20 heavy (non-hydrogen) atoms. The molecule has 0 bridgehead atoms. The Morgan fingerprint density at radius 1 is 1.15 bits per heavy atom. The first-order valence-electron chi connectivity index (χ1n) is 5.87. The predicted octanol–water partition coefficient (Wildman–Crippen LogP) is 6.00. The van der Waals surface area contributed by atoms with Gasteiger partial charge in [-0.2, -0.15) is 0 Å². The van der Waals surface area contributed by atoms with E-state index in [0.29, 0.717) is 10.2 Å². The largest absolute Gasteiger partial charge is 0.496 e. The lowest BCUT2D eigenvalue weighted by atomic mass is 10.0. The van der Waals surface area contributed by atoms with Crippen molar-refractivity contribution < 1.29 is 9.13 Å². The molecule has 1 atom stereocenters. The summed E-state index contributed by atoms with van der Waals surface area (Å²) in [5.41, 5.74) is 2.70. The van der Waals surface area contributed by atoms with E-state index in [1.54, 1.807) is 19.2 Å². The van der Waals surface area contributed by atoms with Crippen molar-refractivity contribution in [1.82, 2.24) is 0 Å². The van der Waals surface area contributed by atoms with Crippen molar-refractivity contribution in [2.24, 2.45) is 0 Å². The van der Waals surface area contributed by atoms with Crippen LogP contribution in [0.3, 0.4) is 0 Å². The third-order valence-electron chi connectivity index (χ3n) is 3.02. The van der Waals surface area contributed by atoms with Crippen molar-refractivity contribution in [2.45, 2.75) is 12.3 Å². The van der Waals surface area contributed by atoms with Crippen molar-refractivity contribution in [2.75, 3.05) is 7.11 Å². The van der Waals surface area contributed by atoms with E-state index < -0.39 is 5.38 Å². The molecule has 0 N–H and O–H groups in total. The summed E-state index contributed by atoms with van der Waals surface area (Å²) in [5.74, 6) is 0.404. The van der Waals surface area contributed by atoms with E-state index in [0.717, 1.165) is 21.2 Å². The fraction of sp³-hybridized carbons (Fsp3) is 0.200. The van der Waals surface area contributed by atoms with E-state index in [1.807, 2.05) is 19.1 Å². The average Bonchev–Trinajstić information content (AvgIpc) is 2.43. The zero-order valence-corrected chi connectivity index (χ0v) is 14.8. The van der Waals surface area contributed by atoms with E-state index >= 15 is 0 Å². The van der Waals surface area contributed by atoms with Crippen LogP contribution in [0, 0.1) is 12.7 Å². The first kappa shape index (κ1) is 15.8. The molecular weight excluding hydrogens is 410 g/mol. The Morgan fingerprint density at radius 3 is 2.45 bits per heavy atom. The van der Waals surface area contributed by atoms with Gasteiger partial charge in [0.15, 0.2) is 0 Å². The molecule has 106 valence electrons. The molecule has 0 heterocycles. The van der Waals surface area contributed by atoms with Gasteiger partial charge in [0.25, 0.3) is 0 Å². The number of methoxy groups -OCH3 is 1. The molecule has 0 saturated heterocycles. The van der Waals surface area contributed by atoms with Crippen LogP contribution >= 0.6 is 43.5 Å². The highest BCUT2D eigenvalue weighted by Gasteiger charge is 2.18. The molecule has 1 unspecified atom stereocenters. The van der Waals surface area contributed by atoms with Crippen LogP contribution in [0.25, 0.3) is 0 Å². The molecule has 1 nitrogen and oxygen atoms in total. The molecule has 0 aliphatic carbocycles. The zero-order chi connectivity index (χ0) is 14.9. The number of hydrogen-bond acceptors (Lipinski definition) is 1. The zero-order valence-electron chi connectivity index (χ0n) is 10.9. The van der Waals surface area contributed by atoms with Gasteiger partial charge in [-0.15, -0.1) is 11.6 Å². The molecule has 0 aliphatic heterocycles. The minimum atomic E-state index is -0.418. The lowest BCUT2D eigenvalue weighted by Crippen LogP contribution is -1.99. The number of aryl methyl sites for hydroxylation is 1. The lowest BCUT2D eigenvalue weighted by Gasteiger charge is -2.16. The van der Waals surface area contributed by atoms with Crippen LogP contribution < -0.4 is 4.74 Å². The van der Waals surface area contributed by atoms with Gasteiger partial charge in [0.05, 0.1) is 17.0 Å². The quantitative estimate of drug-likeness (QED) is 0.552. The van der Waals surface area contributed by atoms with Crippen LogP contribution in [-0.4, -0.2) is 7.11 Å². The van der Waals surface area contributed by atoms with Crippen molar-refractivity contribution in [3.8, 4) is 5.75 Å². The first-order chi connectivity index (χ1) is 9.43. The fourth-order valence-corrected chi connectivity index (χ4v) is 2.96. The molecular formula is C15H12Br2ClFO. The summed E-state index contributed by atoms with van der Waals surface area (Å²) in [5, 5.41) is -0.418. The molecule has 0 spiro atoms. The number of alkyl halides is 1. The number of hydrogen-bond donors (Lipinski definition) is 0. The summed E-state index contributed by atoms with van der Waals surface area (Å²) in [6, 6.07) is 8.60. The van der Waals surface area contributed by atoms with Gasteiger partial charge in [-0.05, 0) is 58.2 Å². The summed E-state index contributed by atoms with van der Waals surface area (Å²) in [6.07, 6.45) is 0. The molecule has 0 fully saturated rings. The molecule has 0 saturated carbocycles. The Kier molecular flexibility index (Phi) is 5.10. The van der Waals surface area contributed by atoms with E-state index in [2.05, 4.69) is 31.9 Å². The van der Waals surface area contributed by atoms with Gasteiger partial charge in [0.1, 0.15) is 11.6 Å². The van der Waals surface area contributed by atoms with E-state index in [4.69, 9.17) is 16.3 Å². The van der Waals surface area contributed by atoms with Crippen LogP contribution in [-0.2, 0) is 0 Å². The third-order valence-corrected chi connectivity index (χ3v) is 4.97. The molecule has 0 amide bonds. The maximum absolute atomic E-state index is 13.3. The smallest absolute Gasteiger partial charge is 0.137 e. The van der Waals surface area contributed by atoms with Gasteiger partial charge in [-0.25, -0.2) is 4.39 Å². The standard InChI is InChI=1S/C15H12Br2ClFO/c1-8-5-14(20-2)10(7-11(8)16)15(18)9-3-4-13(19)12(17)6-9/h3-7,15H,1-2H3. The summed E-state index contributed by atoms with van der Waals surface area (Å²) in [7, 11) is 1.61. The van der Waals surface area contributed by atoms with E-state index in [-0.39, 0.29) is 5.82 Å². The molecule has 2 aromatic rings. The van der Waals surface area contributed by atoms with Crippen molar-refractivity contribution in [3.05, 3.63) is 61.8 Å². The van der Waals surface area contributed by atoms with Gasteiger partial charge in [-0.1, -0.05) is 22.0 Å². The topological polar surface area (TPSA) is 9.23 Å². The maximum atomic E-state index is 13.3. The van der Waals surface area contributed by atoms with Crippen LogP contribution in [0.15, 0.2) is 39.3 Å². The number of halogens is 4. The van der Waals surface area contributed by atoms with Gasteiger partial charge >= 0.3 is 0 Å². The highest BCUT2D eigenvalue weighted by Crippen LogP contribution is 2.39. The van der Waals surface area contributed by atoms with Crippen LogP contribution in [0.4, 0.5) is 4.39 Å². The number of ether oxygens (including phenoxy) is 1. The highest BCUT2D eigenvalue weighted by atomic mass is 79.9. The summed E-state index contributed by atoms with van der Waals surface area (Å²) < 4.78 is 20.0. The monoisotopic (exact) mass is 420 g/mol. The minimum Gasteiger partial charge on any atom is -0.496 e. The van der Waals surface area contributed by atoms with E-state index in [9.17, 15) is 4.39 Å². The normalized spacial score (nSPS) is 12.3. The van der Waals surface area contributed by atoms with Gasteiger partial charge in [-0.3, -0.25) is 0 Å². The summed E-state index contributed by atoms with van der Waals surface area (Å²) in [6.45, 7) is 1.98. The Balaban J connectivity index is 2.49. The Bertz CT molecular complexity index is 646. The van der Waals surface area contributed by atoms with E-state index in [1.165, 1.54) is 6.07 Å². The Hall–Kier alpha value is -0.580. The fourth-order valence-electron chi connectivity index (χ4n) is 1.89. The summed E-state index contributed by atoms with van der Waals surface area (Å²) in [4.78, 5) is 0. The molecule has 0 aliphatic rings. The molecule has 5 heteroatoms. The first-order valence-corrected chi connectivity index (χ1v) is 7.89. The molecule has 2 rings (SSSR count). The number of benzene rings is 2. The van der Waals surface area contributed by atoms with Gasteiger partial charge in [0.2, 0.25) is 0 Å². The Morgan fingerprint density at radius 2 is 1.85 bits per heavy atom. The summed E-state index contributed by atoms with van der Waals surface area (Å²) >= 11 is 13.2. The number of rotatable bonds is 3. The van der Waals surface area contributed by atoms with Crippen molar-refractivity contribution in [1.29, 1.82) is 0 Å². The predicted molar refractivity (Wildman–Crippen MR) is 87.2 cm³/mol. The highest BCUT2D eigenvalue weighted by molar-refractivity contribution is 9.10. The molecule has 0 radical (unpaired) electrons. The van der Waals surface area contributed by atoms with Crippen molar-refractivity contribution >= 4 is 43.5 Å². The van der Waals surface area contributed by atoms with Gasteiger partial charge in [0, 0.05) is 10.0 Å². The van der Waals surface area contributed by atoms with Crippen LogP contribution in [0.5, 0.6) is 5.75 Å². The molecule has 2 aromatic carbocycles. The average molecular weight is 423 g/mol. The molecule has 0 aromatic heterocycles.